The van der Waals surface area contributed by atoms with Crippen molar-refractivity contribution >= 4 is 20.2 Å². The minimum Gasteiger partial charge on any atom is -0.377 e. The van der Waals surface area contributed by atoms with Gasteiger partial charge in [-0.1, -0.05) is 35.4 Å². The second-order valence-corrected chi connectivity index (χ2v) is 13.1. The summed E-state index contributed by atoms with van der Waals surface area (Å²) >= 11 is 0. The molecule has 0 spiro atoms. The van der Waals surface area contributed by atoms with E-state index in [4.69, 9.17) is 36.8 Å². The minimum absolute atomic E-state index is 0.0780. The van der Waals surface area contributed by atoms with Crippen LogP contribution in [0.4, 0.5) is 0 Å². The molecule has 0 bridgehead atoms. The first-order valence-electron chi connectivity index (χ1n) is 14.5. The average Bonchev–Trinajstić information content (AvgIpc) is 2.98. The Labute approximate surface area is 262 Å². The smallest absolute Gasteiger partial charge is 0.297 e. The maximum atomic E-state index is 12.1. The lowest BCUT2D eigenvalue weighted by Gasteiger charge is -2.15. The summed E-state index contributed by atoms with van der Waals surface area (Å²) in [5, 5.41) is 0. The molecule has 44 heavy (non-hydrogen) atoms. The van der Waals surface area contributed by atoms with Crippen LogP contribution in [-0.2, 0) is 57.0 Å². The summed E-state index contributed by atoms with van der Waals surface area (Å²) in [6.07, 6.45) is -0.292. The van der Waals surface area contributed by atoms with Crippen molar-refractivity contribution in [2.24, 2.45) is 0 Å². The van der Waals surface area contributed by atoms with Crippen molar-refractivity contribution in [1.29, 1.82) is 0 Å². The highest BCUT2D eigenvalue weighted by atomic mass is 32.2. The van der Waals surface area contributed by atoms with Crippen molar-refractivity contribution in [1.82, 2.24) is 0 Å². The predicted octanol–water partition coefficient (Wildman–Crippen LogP) is 3.29. The highest BCUT2D eigenvalue weighted by molar-refractivity contribution is 7.87. The molecule has 0 aliphatic carbocycles. The van der Waals surface area contributed by atoms with E-state index in [0.29, 0.717) is 52.9 Å². The number of aryl methyl sites for hydroxylation is 2. The van der Waals surface area contributed by atoms with Crippen molar-refractivity contribution in [2.45, 2.75) is 49.7 Å². The molecule has 0 radical (unpaired) electrons. The molecule has 12 nitrogen and oxygen atoms in total. The van der Waals surface area contributed by atoms with Crippen LogP contribution in [0.2, 0.25) is 0 Å². The Morgan fingerprint density at radius 3 is 1.16 bits per heavy atom. The van der Waals surface area contributed by atoms with Crippen LogP contribution < -0.4 is 0 Å². The molecule has 250 valence electrons. The molecule has 0 heterocycles. The normalized spacial score (nSPS) is 13.6. The molecule has 0 aliphatic rings. The van der Waals surface area contributed by atoms with E-state index in [1.807, 2.05) is 27.7 Å². The van der Waals surface area contributed by atoms with E-state index in [9.17, 15) is 16.8 Å². The molecular formula is C30H46O12S2. The number of benzene rings is 2. The summed E-state index contributed by atoms with van der Waals surface area (Å²) in [6.45, 7) is 10.5. The molecule has 0 N–H and O–H groups in total. The Bertz CT molecular complexity index is 1150. The zero-order chi connectivity index (χ0) is 32.3. The molecule has 0 saturated carbocycles. The third-order valence-electron chi connectivity index (χ3n) is 5.89. The lowest BCUT2D eigenvalue weighted by molar-refractivity contribution is -0.0575. The number of hydrogen-bond donors (Lipinski definition) is 0. The van der Waals surface area contributed by atoms with Crippen molar-refractivity contribution < 1.29 is 53.6 Å². The Balaban J connectivity index is 1.36. The number of hydrogen-bond acceptors (Lipinski definition) is 12. The van der Waals surface area contributed by atoms with Crippen LogP contribution in [0.25, 0.3) is 0 Å². The van der Waals surface area contributed by atoms with E-state index in [-0.39, 0.29) is 48.4 Å². The van der Waals surface area contributed by atoms with Gasteiger partial charge in [0.25, 0.3) is 20.2 Å². The van der Waals surface area contributed by atoms with Gasteiger partial charge in [-0.05, 0) is 52.0 Å². The van der Waals surface area contributed by atoms with Crippen molar-refractivity contribution in [3.8, 4) is 0 Å². The molecule has 0 amide bonds. The second kappa shape index (κ2) is 20.9. The maximum Gasteiger partial charge on any atom is 0.297 e. The molecule has 2 rings (SSSR count). The first-order valence-corrected chi connectivity index (χ1v) is 17.3. The summed E-state index contributed by atoms with van der Waals surface area (Å²) in [5.41, 5.74) is 1.93. The van der Waals surface area contributed by atoms with Gasteiger partial charge in [0.2, 0.25) is 0 Å². The van der Waals surface area contributed by atoms with Crippen LogP contribution in [0.5, 0.6) is 0 Å². The monoisotopic (exact) mass is 662 g/mol. The highest BCUT2D eigenvalue weighted by Crippen LogP contribution is 2.14. The van der Waals surface area contributed by atoms with Gasteiger partial charge < -0.3 is 28.4 Å². The van der Waals surface area contributed by atoms with Gasteiger partial charge in [-0.2, -0.15) is 16.8 Å². The van der Waals surface area contributed by atoms with Gasteiger partial charge in [0.15, 0.2) is 0 Å². The van der Waals surface area contributed by atoms with Gasteiger partial charge in [0, 0.05) is 0 Å². The zero-order valence-corrected chi connectivity index (χ0v) is 27.6. The molecule has 0 fully saturated rings. The standard InChI is InChI=1S/C30H46O12S2/c1-25-5-9-29(10-6-25)43(31,32)41-21-17-35-15-19-39-27(3)23-37-13-14-38-24-28(4)40-20-16-36-18-22-42-44(33,34)30-11-7-26(2)8-12-30/h5-12,27-28H,13-24H2,1-4H3. The topological polar surface area (TPSA) is 142 Å². The number of ether oxygens (including phenoxy) is 6. The maximum absolute atomic E-state index is 12.1. The Morgan fingerprint density at radius 2 is 0.795 bits per heavy atom. The lowest BCUT2D eigenvalue weighted by atomic mass is 10.2. The first kappa shape index (κ1) is 38.2. The summed E-state index contributed by atoms with van der Waals surface area (Å²) in [7, 11) is -7.59. The van der Waals surface area contributed by atoms with Crippen molar-refractivity contribution in [3.05, 3.63) is 59.7 Å². The SMILES string of the molecule is Cc1ccc(S(=O)(=O)OCCOCCOC(C)COCCOCC(C)OCCOCCOS(=O)(=O)c2ccc(C)cc2)cc1. The van der Waals surface area contributed by atoms with Gasteiger partial charge in [-0.3, -0.25) is 8.37 Å². The molecular weight excluding hydrogens is 616 g/mol. The summed E-state index contributed by atoms with van der Waals surface area (Å²) in [4.78, 5) is 0.232. The van der Waals surface area contributed by atoms with E-state index in [0.717, 1.165) is 11.1 Å². The van der Waals surface area contributed by atoms with Crippen LogP contribution in [0, 0.1) is 13.8 Å². The molecule has 2 atom stereocenters. The highest BCUT2D eigenvalue weighted by Gasteiger charge is 2.15. The minimum atomic E-state index is -3.79. The van der Waals surface area contributed by atoms with Gasteiger partial charge in [0.1, 0.15) is 0 Å². The molecule has 0 saturated heterocycles. The molecule has 2 aromatic rings. The third-order valence-corrected chi connectivity index (χ3v) is 8.54. The Kier molecular flexibility index (Phi) is 18.2. The average molecular weight is 663 g/mol. The first-order chi connectivity index (χ1) is 21.0. The Hall–Kier alpha value is -1.98. The van der Waals surface area contributed by atoms with Crippen molar-refractivity contribution in [3.63, 3.8) is 0 Å². The summed E-state index contributed by atoms with van der Waals surface area (Å²) in [5.74, 6) is 0. The summed E-state index contributed by atoms with van der Waals surface area (Å²) in [6, 6.07) is 12.9. The van der Waals surface area contributed by atoms with E-state index in [1.165, 1.54) is 24.3 Å². The largest absolute Gasteiger partial charge is 0.377 e. The summed E-state index contributed by atoms with van der Waals surface area (Å²) < 4.78 is 91.5. The Morgan fingerprint density at radius 1 is 0.477 bits per heavy atom. The third kappa shape index (κ3) is 16.4. The van der Waals surface area contributed by atoms with Crippen LogP contribution in [0.3, 0.4) is 0 Å². The van der Waals surface area contributed by atoms with Gasteiger partial charge in [0.05, 0.1) is 101 Å². The van der Waals surface area contributed by atoms with Crippen molar-refractivity contribution in [2.75, 3.05) is 79.3 Å². The van der Waals surface area contributed by atoms with Gasteiger partial charge in [-0.25, -0.2) is 0 Å². The van der Waals surface area contributed by atoms with Gasteiger partial charge >= 0.3 is 0 Å². The van der Waals surface area contributed by atoms with Crippen LogP contribution in [0.15, 0.2) is 58.3 Å². The molecule has 2 unspecified atom stereocenters. The molecule has 2 aromatic carbocycles. The fourth-order valence-electron chi connectivity index (χ4n) is 3.48. The lowest BCUT2D eigenvalue weighted by Crippen LogP contribution is -2.22. The van der Waals surface area contributed by atoms with E-state index < -0.39 is 20.2 Å². The number of rotatable bonds is 25. The van der Waals surface area contributed by atoms with E-state index in [1.54, 1.807) is 24.3 Å². The quantitative estimate of drug-likeness (QED) is 0.114. The molecule has 0 aromatic heterocycles. The van der Waals surface area contributed by atoms with E-state index in [2.05, 4.69) is 0 Å². The van der Waals surface area contributed by atoms with Crippen LogP contribution in [-0.4, -0.2) is 108 Å². The second-order valence-electron chi connectivity index (χ2n) is 9.92. The molecule has 14 heteroatoms. The fraction of sp³-hybridized carbons (Fsp3) is 0.600. The van der Waals surface area contributed by atoms with Crippen LogP contribution in [0.1, 0.15) is 25.0 Å². The van der Waals surface area contributed by atoms with Gasteiger partial charge in [-0.15, -0.1) is 0 Å². The van der Waals surface area contributed by atoms with Crippen LogP contribution >= 0.6 is 0 Å². The fourth-order valence-corrected chi connectivity index (χ4v) is 5.27. The van der Waals surface area contributed by atoms with E-state index >= 15 is 0 Å². The molecule has 0 aliphatic heterocycles. The zero-order valence-electron chi connectivity index (χ0n) is 26.0. The predicted molar refractivity (Wildman–Crippen MR) is 163 cm³/mol.